The Balaban J connectivity index is 1.31. The van der Waals surface area contributed by atoms with Gasteiger partial charge in [0.05, 0.1) is 6.61 Å². The third kappa shape index (κ3) is 8.73. The summed E-state index contributed by atoms with van der Waals surface area (Å²) in [5, 5.41) is 16.6. The van der Waals surface area contributed by atoms with E-state index in [-0.39, 0.29) is 0 Å². The monoisotopic (exact) mass is 532 g/mol. The molecule has 1 aliphatic heterocycles. The fourth-order valence-electron chi connectivity index (χ4n) is 4.83. The molecule has 0 saturated carbocycles. The molecule has 0 radical (unpaired) electrons. The molecule has 0 unspecified atom stereocenters. The van der Waals surface area contributed by atoms with E-state index >= 15 is 0 Å². The van der Waals surface area contributed by atoms with Crippen molar-refractivity contribution in [2.24, 2.45) is 0 Å². The number of aliphatic carboxylic acids is 1. The standard InChI is InChI=1S/C30H40N6O3/c1-2-39-20-19-36(17-7-6-12-25-14-13-24-11-8-16-32-28(24)34-25)18-15-27(30(37)38)35-29-26(21-31-22-33-29)23-9-4-3-5-10-23/h3-5,9-10,13-14,21-22,27H,2,6-8,11-12,15-20H2,1H3,(H,32,34)(H,37,38)(H,31,33,35)/t27-/m0/s1. The number of anilines is 2. The van der Waals surface area contributed by atoms with Crippen LogP contribution in [0.1, 0.15) is 43.9 Å². The summed E-state index contributed by atoms with van der Waals surface area (Å²) in [6.07, 6.45) is 8.83. The maximum absolute atomic E-state index is 12.2. The van der Waals surface area contributed by atoms with Gasteiger partial charge >= 0.3 is 5.97 Å². The van der Waals surface area contributed by atoms with Crippen LogP contribution in [0.3, 0.4) is 0 Å². The zero-order valence-corrected chi connectivity index (χ0v) is 22.8. The number of unbranched alkanes of at least 4 members (excludes halogenated alkanes) is 1. The van der Waals surface area contributed by atoms with Gasteiger partial charge in [0, 0.05) is 43.7 Å². The van der Waals surface area contributed by atoms with Gasteiger partial charge in [-0.15, -0.1) is 0 Å². The van der Waals surface area contributed by atoms with Gasteiger partial charge in [-0.1, -0.05) is 36.4 Å². The smallest absolute Gasteiger partial charge is 0.326 e. The van der Waals surface area contributed by atoms with Crippen LogP contribution in [-0.2, 0) is 22.4 Å². The quantitative estimate of drug-likeness (QED) is 0.229. The molecule has 9 heteroatoms. The van der Waals surface area contributed by atoms with Gasteiger partial charge in [0.2, 0.25) is 0 Å². The van der Waals surface area contributed by atoms with Crippen molar-refractivity contribution < 1.29 is 14.6 Å². The average molecular weight is 533 g/mol. The van der Waals surface area contributed by atoms with Crippen LogP contribution in [0.5, 0.6) is 0 Å². The van der Waals surface area contributed by atoms with Crippen molar-refractivity contribution >= 4 is 17.6 Å². The molecule has 0 bridgehead atoms. The maximum atomic E-state index is 12.2. The zero-order chi connectivity index (χ0) is 27.3. The number of nitrogens with zero attached hydrogens (tertiary/aromatic N) is 4. The third-order valence-electron chi connectivity index (χ3n) is 7.01. The van der Waals surface area contributed by atoms with Gasteiger partial charge in [-0.2, -0.15) is 0 Å². The minimum absolute atomic E-state index is 0.442. The predicted molar refractivity (Wildman–Crippen MR) is 154 cm³/mol. The van der Waals surface area contributed by atoms with Gasteiger partial charge in [-0.25, -0.2) is 19.7 Å². The molecule has 1 aromatic carbocycles. The number of carbonyl (C=O) groups is 1. The molecule has 3 heterocycles. The third-order valence-corrected chi connectivity index (χ3v) is 7.01. The first kappa shape index (κ1) is 28.4. The summed E-state index contributed by atoms with van der Waals surface area (Å²) in [7, 11) is 0. The molecule has 0 amide bonds. The Bertz CT molecular complexity index is 1180. The number of aromatic nitrogens is 3. The SMILES string of the molecule is CCOCCN(CCCCc1ccc2c(n1)NCCC2)CC[C@H](Nc1ncncc1-c1ccccc1)C(=O)O. The van der Waals surface area contributed by atoms with Gasteiger partial charge in [0.25, 0.3) is 0 Å². The Hall–Kier alpha value is -3.56. The predicted octanol–water partition coefficient (Wildman–Crippen LogP) is 4.51. The number of hydrogen-bond acceptors (Lipinski definition) is 8. The first-order valence-electron chi connectivity index (χ1n) is 14.0. The molecule has 2 aromatic heterocycles. The van der Waals surface area contributed by atoms with E-state index < -0.39 is 12.0 Å². The molecule has 0 aliphatic carbocycles. The number of aryl methyl sites for hydroxylation is 2. The molecule has 9 nitrogen and oxygen atoms in total. The Morgan fingerprint density at radius 1 is 1.15 bits per heavy atom. The lowest BCUT2D eigenvalue weighted by Crippen LogP contribution is -2.37. The molecule has 39 heavy (non-hydrogen) atoms. The molecule has 1 atom stereocenters. The molecule has 4 rings (SSSR count). The minimum Gasteiger partial charge on any atom is -0.480 e. The number of rotatable bonds is 16. The zero-order valence-electron chi connectivity index (χ0n) is 22.8. The Morgan fingerprint density at radius 2 is 2.03 bits per heavy atom. The summed E-state index contributed by atoms with van der Waals surface area (Å²) >= 11 is 0. The van der Waals surface area contributed by atoms with Gasteiger partial charge < -0.3 is 25.4 Å². The first-order valence-corrected chi connectivity index (χ1v) is 14.0. The van der Waals surface area contributed by atoms with Crippen molar-refractivity contribution in [1.82, 2.24) is 19.9 Å². The van der Waals surface area contributed by atoms with Crippen LogP contribution in [0.25, 0.3) is 11.1 Å². The summed E-state index contributed by atoms with van der Waals surface area (Å²) in [6, 6.07) is 13.3. The molecular weight excluding hydrogens is 492 g/mol. The van der Waals surface area contributed by atoms with Crippen LogP contribution < -0.4 is 10.6 Å². The van der Waals surface area contributed by atoms with Crippen LogP contribution in [0.15, 0.2) is 55.0 Å². The van der Waals surface area contributed by atoms with Crippen LogP contribution in [-0.4, -0.2) is 76.4 Å². The number of nitrogens with one attached hydrogen (secondary N) is 2. The molecule has 0 saturated heterocycles. The Kier molecular flexibility index (Phi) is 11.0. The van der Waals surface area contributed by atoms with Crippen molar-refractivity contribution in [2.45, 2.75) is 51.5 Å². The van der Waals surface area contributed by atoms with E-state index in [1.807, 2.05) is 37.3 Å². The second-order valence-electron chi connectivity index (χ2n) is 9.81. The topological polar surface area (TPSA) is 113 Å². The summed E-state index contributed by atoms with van der Waals surface area (Å²) in [5.74, 6) is 0.671. The number of fused-ring (bicyclic) bond motifs is 1. The van der Waals surface area contributed by atoms with Crippen LogP contribution in [0.4, 0.5) is 11.6 Å². The second kappa shape index (κ2) is 15.1. The van der Waals surface area contributed by atoms with Crippen molar-refractivity contribution in [3.63, 3.8) is 0 Å². The number of hydrogen-bond donors (Lipinski definition) is 3. The molecular formula is C30H40N6O3. The Labute approximate surface area is 231 Å². The first-order chi connectivity index (χ1) is 19.1. The summed E-state index contributed by atoms with van der Waals surface area (Å²) in [5.41, 5.74) is 4.15. The lowest BCUT2D eigenvalue weighted by Gasteiger charge is -2.25. The van der Waals surface area contributed by atoms with E-state index in [2.05, 4.69) is 37.6 Å². The summed E-state index contributed by atoms with van der Waals surface area (Å²) < 4.78 is 5.60. The molecule has 3 N–H and O–H groups in total. The molecule has 0 spiro atoms. The van der Waals surface area contributed by atoms with Crippen LogP contribution in [0.2, 0.25) is 0 Å². The number of ether oxygens (including phenoxy) is 1. The largest absolute Gasteiger partial charge is 0.480 e. The minimum atomic E-state index is -0.899. The van der Waals surface area contributed by atoms with Gasteiger partial charge in [0.15, 0.2) is 0 Å². The van der Waals surface area contributed by atoms with Crippen molar-refractivity contribution in [1.29, 1.82) is 0 Å². The normalized spacial score (nSPS) is 13.5. The molecule has 3 aromatic rings. The van der Waals surface area contributed by atoms with Crippen LogP contribution >= 0.6 is 0 Å². The van der Waals surface area contributed by atoms with E-state index in [1.54, 1.807) is 6.20 Å². The molecule has 208 valence electrons. The lowest BCUT2D eigenvalue weighted by atomic mass is 10.1. The van der Waals surface area contributed by atoms with Crippen molar-refractivity contribution in [2.75, 3.05) is 50.0 Å². The van der Waals surface area contributed by atoms with E-state index in [9.17, 15) is 9.90 Å². The highest BCUT2D eigenvalue weighted by molar-refractivity contribution is 5.81. The lowest BCUT2D eigenvalue weighted by molar-refractivity contribution is -0.138. The van der Waals surface area contributed by atoms with Gasteiger partial charge in [0.1, 0.15) is 24.0 Å². The van der Waals surface area contributed by atoms with E-state index in [1.165, 1.54) is 11.9 Å². The number of carboxylic acids is 1. The van der Waals surface area contributed by atoms with Gasteiger partial charge in [-0.05, 0) is 69.2 Å². The van der Waals surface area contributed by atoms with Crippen molar-refractivity contribution in [3.8, 4) is 11.1 Å². The van der Waals surface area contributed by atoms with E-state index in [4.69, 9.17) is 9.72 Å². The highest BCUT2D eigenvalue weighted by Crippen LogP contribution is 2.26. The van der Waals surface area contributed by atoms with Crippen LogP contribution in [0, 0.1) is 0 Å². The number of benzene rings is 1. The summed E-state index contributed by atoms with van der Waals surface area (Å²) in [6.45, 7) is 6.57. The highest BCUT2D eigenvalue weighted by atomic mass is 16.5. The second-order valence-corrected chi connectivity index (χ2v) is 9.81. The number of pyridine rings is 1. The highest BCUT2D eigenvalue weighted by Gasteiger charge is 2.21. The molecule has 1 aliphatic rings. The Morgan fingerprint density at radius 3 is 2.85 bits per heavy atom. The maximum Gasteiger partial charge on any atom is 0.326 e. The number of carboxylic acid groups (broad SMARTS) is 1. The fraction of sp³-hybridized carbons (Fsp3) is 0.467. The van der Waals surface area contributed by atoms with Crippen molar-refractivity contribution in [3.05, 3.63) is 66.2 Å². The summed E-state index contributed by atoms with van der Waals surface area (Å²) in [4.78, 5) is 27.8. The van der Waals surface area contributed by atoms with E-state index in [0.717, 1.165) is 74.4 Å². The fourth-order valence-corrected chi connectivity index (χ4v) is 4.83. The van der Waals surface area contributed by atoms with Gasteiger partial charge in [-0.3, -0.25) is 0 Å². The van der Waals surface area contributed by atoms with E-state index in [0.29, 0.717) is 32.0 Å². The average Bonchev–Trinajstić information content (AvgIpc) is 2.97. The molecule has 0 fully saturated rings.